The van der Waals surface area contributed by atoms with Crippen molar-refractivity contribution < 1.29 is 9.59 Å². The van der Waals surface area contributed by atoms with Crippen molar-refractivity contribution in [2.75, 3.05) is 0 Å². The molecule has 0 aliphatic carbocycles. The Balaban J connectivity index is 1.98. The molecule has 0 saturated heterocycles. The third-order valence-electron chi connectivity index (χ3n) is 2.81. The van der Waals surface area contributed by atoms with Crippen LogP contribution in [0.5, 0.6) is 0 Å². The van der Waals surface area contributed by atoms with E-state index < -0.39 is 5.91 Å². The summed E-state index contributed by atoms with van der Waals surface area (Å²) in [6.07, 6.45) is 1.46. The van der Waals surface area contributed by atoms with Gasteiger partial charge in [0.05, 0.1) is 11.8 Å². The van der Waals surface area contributed by atoms with Crippen LogP contribution >= 0.6 is 0 Å². The van der Waals surface area contributed by atoms with Gasteiger partial charge in [0, 0.05) is 18.3 Å². The second-order valence-corrected chi connectivity index (χ2v) is 4.04. The van der Waals surface area contributed by atoms with E-state index in [0.717, 1.165) is 5.69 Å². The number of hydrogen-bond acceptors (Lipinski definition) is 3. The average Bonchev–Trinajstić information content (AvgIpc) is 2.77. The summed E-state index contributed by atoms with van der Waals surface area (Å²) in [6.45, 7) is 1.78. The Morgan fingerprint density at radius 1 is 1.11 bits per heavy atom. The van der Waals surface area contributed by atoms with Crippen molar-refractivity contribution in [2.24, 2.45) is 7.05 Å². The molecule has 0 unspecified atom stereocenters. The Labute approximate surface area is 110 Å². The average molecular weight is 258 g/mol. The lowest BCUT2D eigenvalue weighted by Crippen LogP contribution is -2.41. The summed E-state index contributed by atoms with van der Waals surface area (Å²) in [6, 6.07) is 8.64. The smallest absolute Gasteiger partial charge is 0.272 e. The predicted molar refractivity (Wildman–Crippen MR) is 69.3 cm³/mol. The Bertz CT molecular complexity index is 604. The first kappa shape index (κ1) is 12.8. The van der Waals surface area contributed by atoms with Crippen LogP contribution in [0.1, 0.15) is 26.4 Å². The van der Waals surface area contributed by atoms with Gasteiger partial charge in [0.1, 0.15) is 0 Å². The van der Waals surface area contributed by atoms with E-state index in [-0.39, 0.29) is 5.91 Å². The second kappa shape index (κ2) is 5.34. The molecule has 0 saturated carbocycles. The van der Waals surface area contributed by atoms with E-state index in [1.807, 2.05) is 6.07 Å². The van der Waals surface area contributed by atoms with Crippen molar-refractivity contribution in [3.63, 3.8) is 0 Å². The molecule has 19 heavy (non-hydrogen) atoms. The molecule has 2 N–H and O–H groups in total. The molecule has 6 nitrogen and oxygen atoms in total. The normalized spacial score (nSPS) is 10.0. The Hall–Kier alpha value is -2.63. The summed E-state index contributed by atoms with van der Waals surface area (Å²) in [5, 5.41) is 3.97. The minimum Gasteiger partial charge on any atom is -0.272 e. The number of benzene rings is 1. The van der Waals surface area contributed by atoms with Crippen LogP contribution < -0.4 is 10.9 Å². The summed E-state index contributed by atoms with van der Waals surface area (Å²) in [5.41, 5.74) is 6.35. The molecule has 0 fully saturated rings. The Kier molecular flexibility index (Phi) is 3.61. The minimum atomic E-state index is -0.394. The van der Waals surface area contributed by atoms with Crippen LogP contribution in [-0.2, 0) is 7.05 Å². The van der Waals surface area contributed by atoms with Gasteiger partial charge in [-0.2, -0.15) is 5.10 Å². The summed E-state index contributed by atoms with van der Waals surface area (Å²) in [4.78, 5) is 23.6. The number of carbonyl (C=O) groups excluding carboxylic acids is 2. The second-order valence-electron chi connectivity index (χ2n) is 4.04. The van der Waals surface area contributed by atoms with Crippen LogP contribution in [0.3, 0.4) is 0 Å². The number of hydrogen-bond donors (Lipinski definition) is 2. The number of aryl methyl sites for hydroxylation is 1. The van der Waals surface area contributed by atoms with Gasteiger partial charge in [-0.1, -0.05) is 18.2 Å². The van der Waals surface area contributed by atoms with E-state index >= 15 is 0 Å². The molecule has 0 aliphatic rings. The molecule has 0 atom stereocenters. The molecular weight excluding hydrogens is 244 g/mol. The SMILES string of the molecule is Cc1c(C(=O)NNC(=O)c2ccccc2)cnn1C. The van der Waals surface area contributed by atoms with Crippen LogP contribution in [0.2, 0.25) is 0 Å². The highest BCUT2D eigenvalue weighted by Crippen LogP contribution is 2.04. The molecule has 1 aromatic carbocycles. The van der Waals surface area contributed by atoms with Gasteiger partial charge < -0.3 is 0 Å². The zero-order valence-corrected chi connectivity index (χ0v) is 10.7. The number of nitrogens with zero attached hydrogens (tertiary/aromatic N) is 2. The molecule has 2 rings (SSSR count). The molecule has 0 spiro atoms. The van der Waals surface area contributed by atoms with Crippen molar-refractivity contribution in [3.05, 3.63) is 53.3 Å². The molecule has 1 heterocycles. The van der Waals surface area contributed by atoms with E-state index in [4.69, 9.17) is 0 Å². The molecule has 6 heteroatoms. The zero-order valence-electron chi connectivity index (χ0n) is 10.7. The molecule has 0 radical (unpaired) electrons. The van der Waals surface area contributed by atoms with Gasteiger partial charge in [0.15, 0.2) is 0 Å². The number of hydrazine groups is 1. The van der Waals surface area contributed by atoms with Crippen molar-refractivity contribution in [3.8, 4) is 0 Å². The maximum Gasteiger partial charge on any atom is 0.273 e. The van der Waals surface area contributed by atoms with Crippen molar-refractivity contribution in [1.29, 1.82) is 0 Å². The highest BCUT2D eigenvalue weighted by molar-refractivity contribution is 5.99. The highest BCUT2D eigenvalue weighted by Gasteiger charge is 2.13. The zero-order chi connectivity index (χ0) is 13.8. The summed E-state index contributed by atoms with van der Waals surface area (Å²) in [5.74, 6) is -0.759. The topological polar surface area (TPSA) is 76.0 Å². The minimum absolute atomic E-state index is 0.365. The van der Waals surface area contributed by atoms with E-state index in [0.29, 0.717) is 11.1 Å². The van der Waals surface area contributed by atoms with E-state index in [9.17, 15) is 9.59 Å². The van der Waals surface area contributed by atoms with E-state index in [1.54, 1.807) is 42.9 Å². The molecule has 1 aromatic heterocycles. The highest BCUT2D eigenvalue weighted by atomic mass is 16.2. The summed E-state index contributed by atoms with van der Waals surface area (Å²) >= 11 is 0. The van der Waals surface area contributed by atoms with Gasteiger partial charge in [-0.3, -0.25) is 25.1 Å². The third kappa shape index (κ3) is 2.79. The van der Waals surface area contributed by atoms with Gasteiger partial charge in [-0.25, -0.2) is 0 Å². The monoisotopic (exact) mass is 258 g/mol. The van der Waals surface area contributed by atoms with E-state index in [1.165, 1.54) is 6.20 Å². The largest absolute Gasteiger partial charge is 0.273 e. The van der Waals surface area contributed by atoms with E-state index in [2.05, 4.69) is 16.0 Å². The summed E-state index contributed by atoms with van der Waals surface area (Å²) < 4.78 is 1.59. The van der Waals surface area contributed by atoms with Crippen LogP contribution in [0.4, 0.5) is 0 Å². The fourth-order valence-corrected chi connectivity index (χ4v) is 1.56. The first-order chi connectivity index (χ1) is 9.09. The van der Waals surface area contributed by atoms with Gasteiger partial charge in [0.25, 0.3) is 11.8 Å². The molecule has 0 aliphatic heterocycles. The first-order valence-electron chi connectivity index (χ1n) is 5.74. The Morgan fingerprint density at radius 3 is 2.32 bits per heavy atom. The molecule has 2 aromatic rings. The van der Waals surface area contributed by atoms with Gasteiger partial charge in [-0.05, 0) is 19.1 Å². The third-order valence-corrected chi connectivity index (χ3v) is 2.81. The van der Waals surface area contributed by atoms with Crippen LogP contribution in [0.25, 0.3) is 0 Å². The van der Waals surface area contributed by atoms with Gasteiger partial charge in [-0.15, -0.1) is 0 Å². The number of nitrogens with one attached hydrogen (secondary N) is 2. The van der Waals surface area contributed by atoms with Gasteiger partial charge in [0.2, 0.25) is 0 Å². The maximum absolute atomic E-state index is 11.8. The Morgan fingerprint density at radius 2 is 1.74 bits per heavy atom. The predicted octanol–water partition coefficient (Wildman–Crippen LogP) is 0.803. The standard InChI is InChI=1S/C13H14N4O2/c1-9-11(8-14-17(9)2)13(19)16-15-12(18)10-6-4-3-5-7-10/h3-8H,1-2H3,(H,15,18)(H,16,19). The fraction of sp³-hybridized carbons (Fsp3) is 0.154. The van der Waals surface area contributed by atoms with Crippen molar-refractivity contribution >= 4 is 11.8 Å². The molecule has 2 amide bonds. The maximum atomic E-state index is 11.8. The number of aromatic nitrogens is 2. The first-order valence-corrected chi connectivity index (χ1v) is 5.74. The van der Waals surface area contributed by atoms with Crippen LogP contribution in [0.15, 0.2) is 36.5 Å². The van der Waals surface area contributed by atoms with Gasteiger partial charge >= 0.3 is 0 Å². The molecule has 98 valence electrons. The van der Waals surface area contributed by atoms with Crippen LogP contribution in [0, 0.1) is 6.92 Å². The van der Waals surface area contributed by atoms with Crippen molar-refractivity contribution in [2.45, 2.75) is 6.92 Å². The lowest BCUT2D eigenvalue weighted by Gasteiger charge is -2.06. The number of rotatable bonds is 2. The molecule has 0 bridgehead atoms. The van der Waals surface area contributed by atoms with Crippen LogP contribution in [-0.4, -0.2) is 21.6 Å². The lowest BCUT2D eigenvalue weighted by atomic mass is 10.2. The molecular formula is C13H14N4O2. The van der Waals surface area contributed by atoms with Crippen molar-refractivity contribution in [1.82, 2.24) is 20.6 Å². The quantitative estimate of drug-likeness (QED) is 0.782. The fourth-order valence-electron chi connectivity index (χ4n) is 1.56. The lowest BCUT2D eigenvalue weighted by molar-refractivity contribution is 0.0846. The number of amides is 2. The number of carbonyl (C=O) groups is 2. The summed E-state index contributed by atoms with van der Waals surface area (Å²) in [7, 11) is 1.74.